The molecule has 0 aliphatic carbocycles. The summed E-state index contributed by atoms with van der Waals surface area (Å²) in [4.78, 5) is 28.7. The van der Waals surface area contributed by atoms with Gasteiger partial charge in [-0.1, -0.05) is 0 Å². The van der Waals surface area contributed by atoms with Gasteiger partial charge in [0.1, 0.15) is 6.61 Å². The Kier molecular flexibility index (Phi) is 4.05. The van der Waals surface area contributed by atoms with E-state index in [-0.39, 0.29) is 23.6 Å². The van der Waals surface area contributed by atoms with Gasteiger partial charge >= 0.3 is 6.09 Å². The van der Waals surface area contributed by atoms with Gasteiger partial charge in [0.25, 0.3) is 5.91 Å². The number of carbonyl (C=O) groups is 2. The molecule has 2 aromatic rings. The van der Waals surface area contributed by atoms with Gasteiger partial charge in [-0.3, -0.25) is 9.69 Å². The molecule has 2 aliphatic heterocycles. The minimum absolute atomic E-state index is 0.0856. The van der Waals surface area contributed by atoms with Crippen molar-refractivity contribution < 1.29 is 14.3 Å². The van der Waals surface area contributed by atoms with E-state index >= 15 is 0 Å². The number of cyclic esters (lactones) is 1. The lowest BCUT2D eigenvalue weighted by Crippen LogP contribution is -2.53. The van der Waals surface area contributed by atoms with E-state index < -0.39 is 0 Å². The number of aromatic nitrogens is 4. The van der Waals surface area contributed by atoms with Crippen LogP contribution >= 0.6 is 0 Å². The zero-order chi connectivity index (χ0) is 19.3. The Morgan fingerprint density at radius 1 is 1.22 bits per heavy atom. The molecule has 2 amide bonds. The minimum Gasteiger partial charge on any atom is -0.447 e. The lowest BCUT2D eigenvalue weighted by molar-refractivity contribution is 0.0582. The van der Waals surface area contributed by atoms with Gasteiger partial charge in [0, 0.05) is 25.2 Å². The summed E-state index contributed by atoms with van der Waals surface area (Å²) in [5.74, 6) is -0.142. The predicted molar refractivity (Wildman–Crippen MR) is 96.4 cm³/mol. The van der Waals surface area contributed by atoms with Crippen LogP contribution in [0.1, 0.15) is 48.6 Å². The first kappa shape index (κ1) is 17.7. The molecule has 0 atom stereocenters. The maximum absolute atomic E-state index is 13.0. The lowest BCUT2D eigenvalue weighted by atomic mass is 9.97. The minimum atomic E-state index is -0.307. The number of amides is 2. The van der Waals surface area contributed by atoms with Crippen molar-refractivity contribution in [2.24, 2.45) is 0 Å². The summed E-state index contributed by atoms with van der Waals surface area (Å²) >= 11 is 0. The van der Waals surface area contributed by atoms with Crippen molar-refractivity contribution in [3.8, 4) is 0 Å². The van der Waals surface area contributed by atoms with Gasteiger partial charge in [-0.15, -0.1) is 10.2 Å². The Morgan fingerprint density at radius 2 is 1.93 bits per heavy atom. The molecular weight excluding hydrogens is 348 g/mol. The molecule has 144 valence electrons. The molecule has 4 heterocycles. The highest BCUT2D eigenvalue weighted by molar-refractivity contribution is 5.93. The number of carbonyl (C=O) groups excluding carboxylic acids is 2. The van der Waals surface area contributed by atoms with E-state index in [2.05, 4.69) is 15.3 Å². The van der Waals surface area contributed by atoms with E-state index in [0.29, 0.717) is 36.7 Å². The van der Waals surface area contributed by atoms with Crippen LogP contribution in [0, 0.1) is 13.8 Å². The van der Waals surface area contributed by atoms with Gasteiger partial charge in [0.2, 0.25) is 0 Å². The zero-order valence-corrected chi connectivity index (χ0v) is 16.1. The summed E-state index contributed by atoms with van der Waals surface area (Å²) in [6, 6.07) is 1.92. The fourth-order valence-corrected chi connectivity index (χ4v) is 4.02. The number of piperidine rings is 1. The van der Waals surface area contributed by atoms with Crippen molar-refractivity contribution in [1.82, 2.24) is 29.6 Å². The molecule has 4 rings (SSSR count). The molecule has 2 saturated heterocycles. The number of nitrogens with zero attached hydrogens (tertiary/aromatic N) is 6. The molecule has 0 spiro atoms. The Bertz CT molecular complexity index is 913. The Balaban J connectivity index is 1.49. The summed E-state index contributed by atoms with van der Waals surface area (Å²) < 4.78 is 6.87. The van der Waals surface area contributed by atoms with Crippen LogP contribution < -0.4 is 0 Å². The Labute approximate surface area is 157 Å². The summed E-state index contributed by atoms with van der Waals surface area (Å²) in [6.45, 7) is 9.28. The van der Waals surface area contributed by atoms with Crippen molar-refractivity contribution >= 4 is 17.6 Å². The topological polar surface area (TPSA) is 92.9 Å². The van der Waals surface area contributed by atoms with E-state index in [9.17, 15) is 9.59 Å². The van der Waals surface area contributed by atoms with Crippen LogP contribution in [0.15, 0.2) is 6.07 Å². The van der Waals surface area contributed by atoms with Gasteiger partial charge in [0.15, 0.2) is 11.3 Å². The van der Waals surface area contributed by atoms with Crippen molar-refractivity contribution in [2.45, 2.75) is 52.1 Å². The zero-order valence-electron chi connectivity index (χ0n) is 16.1. The molecular formula is C18H24N6O3. The van der Waals surface area contributed by atoms with E-state index in [1.165, 1.54) is 0 Å². The van der Waals surface area contributed by atoms with E-state index in [1.54, 1.807) is 9.42 Å². The monoisotopic (exact) mass is 372 g/mol. The van der Waals surface area contributed by atoms with Crippen LogP contribution in [-0.4, -0.2) is 72.9 Å². The maximum Gasteiger partial charge on any atom is 0.410 e. The molecule has 2 aliphatic rings. The number of ether oxygens (including phenoxy) is 1. The lowest BCUT2D eigenvalue weighted by Gasteiger charge is -2.40. The van der Waals surface area contributed by atoms with Crippen molar-refractivity contribution in [2.75, 3.05) is 19.7 Å². The average Bonchev–Trinajstić information content (AvgIpc) is 3.14. The van der Waals surface area contributed by atoms with Crippen molar-refractivity contribution in [3.63, 3.8) is 0 Å². The molecule has 2 aromatic heterocycles. The van der Waals surface area contributed by atoms with Crippen LogP contribution in [0.25, 0.3) is 5.65 Å². The molecule has 0 bridgehead atoms. The molecule has 27 heavy (non-hydrogen) atoms. The fraction of sp³-hybridized carbons (Fsp3) is 0.611. The van der Waals surface area contributed by atoms with Gasteiger partial charge in [-0.25, -0.2) is 9.31 Å². The molecule has 0 aromatic carbocycles. The highest BCUT2D eigenvalue weighted by Crippen LogP contribution is 2.30. The quantitative estimate of drug-likeness (QED) is 0.795. The third kappa shape index (κ3) is 2.90. The second-order valence-corrected chi connectivity index (χ2v) is 7.95. The SMILES string of the molecule is Cc1cc2nnc(C(=O)N3CCC(N4C(=O)OCC4(C)C)CC3)c(C)n2n1. The van der Waals surface area contributed by atoms with Crippen LogP contribution in [0.2, 0.25) is 0 Å². The van der Waals surface area contributed by atoms with Crippen LogP contribution in [0.4, 0.5) is 4.79 Å². The van der Waals surface area contributed by atoms with E-state index in [0.717, 1.165) is 18.5 Å². The molecule has 2 fully saturated rings. The van der Waals surface area contributed by atoms with Crippen LogP contribution in [0.5, 0.6) is 0 Å². The molecule has 0 radical (unpaired) electrons. The summed E-state index contributed by atoms with van der Waals surface area (Å²) in [5.41, 5.74) is 2.17. The summed E-state index contributed by atoms with van der Waals surface area (Å²) in [7, 11) is 0. The molecule has 0 N–H and O–H groups in total. The first-order valence-electron chi connectivity index (χ1n) is 9.23. The second kappa shape index (κ2) is 6.17. The van der Waals surface area contributed by atoms with Crippen LogP contribution in [0.3, 0.4) is 0 Å². The molecule has 9 nitrogen and oxygen atoms in total. The van der Waals surface area contributed by atoms with Gasteiger partial charge < -0.3 is 9.64 Å². The number of aryl methyl sites for hydroxylation is 2. The Hall–Kier alpha value is -2.71. The first-order chi connectivity index (χ1) is 12.8. The molecule has 9 heteroatoms. The van der Waals surface area contributed by atoms with Gasteiger partial charge in [0.05, 0.1) is 16.9 Å². The largest absolute Gasteiger partial charge is 0.447 e. The third-order valence-electron chi connectivity index (χ3n) is 5.44. The molecule has 0 unspecified atom stereocenters. The van der Waals surface area contributed by atoms with E-state index in [4.69, 9.17) is 4.74 Å². The standard InChI is InChI=1S/C18H24N6O3/c1-11-9-14-19-20-15(12(2)24(14)21-11)16(25)22-7-5-13(6-8-22)23-17(26)27-10-18(23,3)4/h9,13H,5-8,10H2,1-4H3. The highest BCUT2D eigenvalue weighted by atomic mass is 16.6. The smallest absolute Gasteiger partial charge is 0.410 e. The first-order valence-corrected chi connectivity index (χ1v) is 9.23. The number of likely N-dealkylation sites (tertiary alicyclic amines) is 1. The number of rotatable bonds is 2. The fourth-order valence-electron chi connectivity index (χ4n) is 4.02. The van der Waals surface area contributed by atoms with Crippen molar-refractivity contribution in [1.29, 1.82) is 0 Å². The highest BCUT2D eigenvalue weighted by Gasteiger charge is 2.45. The number of hydrogen-bond donors (Lipinski definition) is 0. The third-order valence-corrected chi connectivity index (χ3v) is 5.44. The maximum atomic E-state index is 13.0. The summed E-state index contributed by atoms with van der Waals surface area (Å²) in [5, 5.41) is 12.6. The average molecular weight is 372 g/mol. The second-order valence-electron chi connectivity index (χ2n) is 7.95. The predicted octanol–water partition coefficient (Wildman–Crippen LogP) is 1.58. The van der Waals surface area contributed by atoms with Gasteiger partial charge in [-0.05, 0) is 40.5 Å². The Morgan fingerprint density at radius 3 is 2.56 bits per heavy atom. The van der Waals surface area contributed by atoms with Crippen molar-refractivity contribution in [3.05, 3.63) is 23.1 Å². The summed E-state index contributed by atoms with van der Waals surface area (Å²) in [6.07, 6.45) is 1.19. The number of hydrogen-bond acceptors (Lipinski definition) is 6. The van der Waals surface area contributed by atoms with Crippen LogP contribution in [-0.2, 0) is 4.74 Å². The van der Waals surface area contributed by atoms with E-state index in [1.807, 2.05) is 38.7 Å². The van der Waals surface area contributed by atoms with Gasteiger partial charge in [-0.2, -0.15) is 5.10 Å². The number of fused-ring (bicyclic) bond motifs is 1. The normalized spacial score (nSPS) is 20.4. The molecule has 0 saturated carbocycles.